The topological polar surface area (TPSA) is 29.3 Å². The highest BCUT2D eigenvalue weighted by Crippen LogP contribution is 2.30. The van der Waals surface area contributed by atoms with Gasteiger partial charge in [0.05, 0.1) is 0 Å². The molecule has 0 aliphatic carbocycles. The maximum absolute atomic E-state index is 6.07. The Bertz CT molecular complexity index is 336. The number of hydrogen-bond acceptors (Lipinski definition) is 2. The first kappa shape index (κ1) is 12.1. The van der Waals surface area contributed by atoms with Gasteiger partial charge in [-0.25, -0.2) is 0 Å². The Morgan fingerprint density at radius 1 is 1.38 bits per heavy atom. The molecule has 1 saturated heterocycles. The molecule has 2 N–H and O–H groups in total. The Hall–Kier alpha value is -0.380. The highest BCUT2D eigenvalue weighted by Gasteiger charge is 2.26. The first-order chi connectivity index (χ1) is 7.70. The molecule has 1 aromatic rings. The summed E-state index contributed by atoms with van der Waals surface area (Å²) >= 11 is 3.48. The van der Waals surface area contributed by atoms with Crippen LogP contribution in [0.3, 0.4) is 0 Å². The third kappa shape index (κ3) is 2.65. The maximum atomic E-state index is 6.07. The van der Waals surface area contributed by atoms with Crippen molar-refractivity contribution < 1.29 is 0 Å². The molecule has 2 nitrogen and oxygen atoms in total. The third-order valence-electron chi connectivity index (χ3n) is 3.41. The summed E-state index contributed by atoms with van der Waals surface area (Å²) in [6.45, 7) is 4.45. The van der Waals surface area contributed by atoms with Crippen molar-refractivity contribution >= 4 is 15.9 Å². The largest absolute Gasteiger partial charge is 0.328 e. The van der Waals surface area contributed by atoms with E-state index in [-0.39, 0.29) is 0 Å². The van der Waals surface area contributed by atoms with Gasteiger partial charge < -0.3 is 5.73 Å². The van der Waals surface area contributed by atoms with Crippen molar-refractivity contribution in [3.05, 3.63) is 34.3 Å². The molecule has 3 heteroatoms. The second kappa shape index (κ2) is 5.30. The minimum atomic E-state index is 0.358. The van der Waals surface area contributed by atoms with E-state index in [1.165, 1.54) is 5.56 Å². The summed E-state index contributed by atoms with van der Waals surface area (Å²) in [5.41, 5.74) is 7.46. The fraction of sp³-hybridized carbons (Fsp3) is 0.538. The number of rotatable bonds is 2. The van der Waals surface area contributed by atoms with E-state index in [4.69, 9.17) is 5.73 Å². The van der Waals surface area contributed by atoms with Gasteiger partial charge in [-0.2, -0.15) is 0 Å². The third-order valence-corrected chi connectivity index (χ3v) is 3.94. The normalized spacial score (nSPS) is 26.9. The van der Waals surface area contributed by atoms with E-state index in [0.29, 0.717) is 12.1 Å². The average molecular weight is 283 g/mol. The molecule has 2 unspecified atom stereocenters. The van der Waals surface area contributed by atoms with Gasteiger partial charge in [0.1, 0.15) is 0 Å². The van der Waals surface area contributed by atoms with Gasteiger partial charge in [0.15, 0.2) is 0 Å². The van der Waals surface area contributed by atoms with E-state index in [1.807, 2.05) is 0 Å². The highest BCUT2D eigenvalue weighted by atomic mass is 79.9. The molecule has 88 valence electrons. The maximum Gasteiger partial charge on any atom is 0.0362 e. The summed E-state index contributed by atoms with van der Waals surface area (Å²) in [7, 11) is 0. The van der Waals surface area contributed by atoms with Crippen LogP contribution in [-0.2, 0) is 0 Å². The molecule has 0 radical (unpaired) electrons. The van der Waals surface area contributed by atoms with Crippen LogP contribution in [-0.4, -0.2) is 24.0 Å². The molecule has 0 aromatic heterocycles. The van der Waals surface area contributed by atoms with E-state index >= 15 is 0 Å². The van der Waals surface area contributed by atoms with Crippen molar-refractivity contribution in [1.82, 2.24) is 4.90 Å². The van der Waals surface area contributed by atoms with Gasteiger partial charge >= 0.3 is 0 Å². The first-order valence-electron chi connectivity index (χ1n) is 5.95. The summed E-state index contributed by atoms with van der Waals surface area (Å²) < 4.78 is 1.14. The van der Waals surface area contributed by atoms with Gasteiger partial charge in [-0.05, 0) is 37.1 Å². The smallest absolute Gasteiger partial charge is 0.0362 e. The summed E-state index contributed by atoms with van der Waals surface area (Å²) in [6, 6.07) is 9.50. The minimum Gasteiger partial charge on any atom is -0.328 e. The first-order valence-corrected chi connectivity index (χ1v) is 6.75. The van der Waals surface area contributed by atoms with E-state index < -0.39 is 0 Å². The zero-order valence-corrected chi connectivity index (χ0v) is 11.3. The van der Waals surface area contributed by atoms with Gasteiger partial charge in [0.25, 0.3) is 0 Å². The number of halogens is 1. The summed E-state index contributed by atoms with van der Waals surface area (Å²) in [4.78, 5) is 2.52. The molecule has 1 heterocycles. The van der Waals surface area contributed by atoms with E-state index in [0.717, 1.165) is 30.4 Å². The number of nitrogens with zero attached hydrogens (tertiary/aromatic N) is 1. The number of benzene rings is 1. The monoisotopic (exact) mass is 282 g/mol. The van der Waals surface area contributed by atoms with Crippen LogP contribution >= 0.6 is 15.9 Å². The highest BCUT2D eigenvalue weighted by molar-refractivity contribution is 9.10. The van der Waals surface area contributed by atoms with Crippen LogP contribution in [0, 0.1) is 0 Å². The lowest BCUT2D eigenvalue weighted by Crippen LogP contribution is -2.41. The molecule has 1 aliphatic rings. The van der Waals surface area contributed by atoms with Gasteiger partial charge in [-0.3, -0.25) is 4.90 Å². The molecule has 1 aromatic carbocycles. The van der Waals surface area contributed by atoms with Crippen molar-refractivity contribution in [1.29, 1.82) is 0 Å². The fourth-order valence-electron chi connectivity index (χ4n) is 2.45. The molecule has 0 spiro atoms. The Balaban J connectivity index is 2.18. The molecule has 0 amide bonds. The van der Waals surface area contributed by atoms with Crippen LogP contribution in [0.5, 0.6) is 0 Å². The standard InChI is InChI=1S/C13H19BrN2/c1-2-16-8-7-12(15)9-13(16)10-3-5-11(14)6-4-10/h3-6,12-13H,2,7-9,15H2,1H3. The van der Waals surface area contributed by atoms with Crippen LogP contribution in [0.1, 0.15) is 31.4 Å². The van der Waals surface area contributed by atoms with Crippen molar-refractivity contribution in [2.24, 2.45) is 5.73 Å². The summed E-state index contributed by atoms with van der Waals surface area (Å²) in [6.07, 6.45) is 2.20. The fourth-order valence-corrected chi connectivity index (χ4v) is 2.72. The average Bonchev–Trinajstić information content (AvgIpc) is 2.30. The molecular formula is C13H19BrN2. The molecule has 1 fully saturated rings. The van der Waals surface area contributed by atoms with E-state index in [1.54, 1.807) is 0 Å². The number of likely N-dealkylation sites (tertiary alicyclic amines) is 1. The zero-order valence-electron chi connectivity index (χ0n) is 9.70. The van der Waals surface area contributed by atoms with Crippen molar-refractivity contribution in [2.45, 2.75) is 31.8 Å². The van der Waals surface area contributed by atoms with Crippen LogP contribution in [0.25, 0.3) is 0 Å². The lowest BCUT2D eigenvalue weighted by atomic mass is 9.92. The zero-order chi connectivity index (χ0) is 11.5. The van der Waals surface area contributed by atoms with Gasteiger partial charge in [0, 0.05) is 23.1 Å². The molecule has 16 heavy (non-hydrogen) atoms. The van der Waals surface area contributed by atoms with Crippen molar-refractivity contribution in [3.63, 3.8) is 0 Å². The minimum absolute atomic E-state index is 0.358. The second-order valence-corrected chi connectivity index (χ2v) is 5.40. The lowest BCUT2D eigenvalue weighted by Gasteiger charge is -2.38. The summed E-state index contributed by atoms with van der Waals surface area (Å²) in [5, 5.41) is 0. The van der Waals surface area contributed by atoms with E-state index in [2.05, 4.69) is 52.0 Å². The molecule has 0 bridgehead atoms. The van der Waals surface area contributed by atoms with Crippen LogP contribution < -0.4 is 5.73 Å². The quantitative estimate of drug-likeness (QED) is 0.904. The Morgan fingerprint density at radius 2 is 2.06 bits per heavy atom. The predicted molar refractivity (Wildman–Crippen MR) is 71.3 cm³/mol. The molecule has 0 saturated carbocycles. The van der Waals surface area contributed by atoms with E-state index in [9.17, 15) is 0 Å². The Morgan fingerprint density at radius 3 is 2.69 bits per heavy atom. The molecular weight excluding hydrogens is 264 g/mol. The number of hydrogen-bond donors (Lipinski definition) is 1. The predicted octanol–water partition coefficient (Wildman–Crippen LogP) is 2.93. The Labute approximate surface area is 106 Å². The lowest BCUT2D eigenvalue weighted by molar-refractivity contribution is 0.143. The number of piperidine rings is 1. The van der Waals surface area contributed by atoms with Crippen LogP contribution in [0.15, 0.2) is 28.7 Å². The van der Waals surface area contributed by atoms with Crippen molar-refractivity contribution in [3.8, 4) is 0 Å². The SMILES string of the molecule is CCN1CCC(N)CC1c1ccc(Br)cc1. The molecule has 2 atom stereocenters. The van der Waals surface area contributed by atoms with Gasteiger partial charge in [0.2, 0.25) is 0 Å². The van der Waals surface area contributed by atoms with Gasteiger partial charge in [-0.15, -0.1) is 0 Å². The summed E-state index contributed by atoms with van der Waals surface area (Å²) in [5.74, 6) is 0. The molecule has 2 rings (SSSR count). The Kier molecular flexibility index (Phi) is 4.00. The van der Waals surface area contributed by atoms with Crippen molar-refractivity contribution in [2.75, 3.05) is 13.1 Å². The van der Waals surface area contributed by atoms with Gasteiger partial charge in [-0.1, -0.05) is 35.0 Å². The second-order valence-electron chi connectivity index (χ2n) is 4.48. The van der Waals surface area contributed by atoms with Crippen LogP contribution in [0.4, 0.5) is 0 Å². The number of nitrogens with two attached hydrogens (primary N) is 1. The van der Waals surface area contributed by atoms with Crippen LogP contribution in [0.2, 0.25) is 0 Å². The molecule has 1 aliphatic heterocycles.